The zero-order valence-electron chi connectivity index (χ0n) is 16.1. The number of nitrogens with zero attached hydrogens (tertiary/aromatic N) is 6. The minimum absolute atomic E-state index is 0. The van der Waals surface area contributed by atoms with E-state index in [2.05, 4.69) is 15.3 Å². The second-order valence-corrected chi connectivity index (χ2v) is 7.64. The van der Waals surface area contributed by atoms with Crippen LogP contribution in [0.15, 0.2) is 9.59 Å². The smallest absolute Gasteiger partial charge is 0.332 e. The Kier molecular flexibility index (Phi) is 4.98. The Morgan fingerprint density at radius 1 is 1.14 bits per heavy atom. The zero-order valence-corrected chi connectivity index (χ0v) is 16.9. The monoisotopic (exact) mass is 411 g/mol. The van der Waals surface area contributed by atoms with Gasteiger partial charge in [-0.05, 0) is 12.8 Å². The molecule has 2 aromatic rings. The highest BCUT2D eigenvalue weighted by Gasteiger charge is 2.42. The standard InChI is InChI=1S/C17H25N7O3.ClH/c1-20-14-13(15(25)21(2)17(20)26)23(10-11-12-4-3-5-24(12)19-11)16(18-14)22-6-8-27-9-7-22;/h11-12,19H,3-10H2,1-2H3;1H. The molecule has 0 spiro atoms. The van der Waals surface area contributed by atoms with Gasteiger partial charge in [-0.1, -0.05) is 0 Å². The summed E-state index contributed by atoms with van der Waals surface area (Å²) in [6, 6.07) is 0.794. The number of ether oxygens (including phenoxy) is 1. The van der Waals surface area contributed by atoms with Crippen LogP contribution in [-0.2, 0) is 25.4 Å². The Hall–Kier alpha value is -1.88. The fraction of sp³-hybridized carbons (Fsp3) is 0.706. The van der Waals surface area contributed by atoms with E-state index in [9.17, 15) is 9.59 Å². The van der Waals surface area contributed by atoms with E-state index in [1.54, 1.807) is 7.05 Å². The molecular weight excluding hydrogens is 386 g/mol. The molecule has 0 aromatic carbocycles. The van der Waals surface area contributed by atoms with Crippen molar-refractivity contribution < 1.29 is 4.74 Å². The summed E-state index contributed by atoms with van der Waals surface area (Å²) in [5.41, 5.74) is 3.81. The summed E-state index contributed by atoms with van der Waals surface area (Å²) in [6.07, 6.45) is 2.37. The number of hydrogen-bond donors (Lipinski definition) is 1. The highest BCUT2D eigenvalue weighted by molar-refractivity contribution is 5.85. The number of hydrogen-bond acceptors (Lipinski definition) is 7. The molecule has 10 nitrogen and oxygen atoms in total. The molecule has 3 saturated heterocycles. The number of aryl methyl sites for hydroxylation is 1. The maximum atomic E-state index is 12.9. The van der Waals surface area contributed by atoms with Gasteiger partial charge in [0.25, 0.3) is 5.56 Å². The lowest BCUT2D eigenvalue weighted by molar-refractivity contribution is -0.00317. The van der Waals surface area contributed by atoms with Crippen molar-refractivity contribution in [3.05, 3.63) is 20.8 Å². The maximum absolute atomic E-state index is 12.9. The number of halogens is 1. The second kappa shape index (κ2) is 7.18. The van der Waals surface area contributed by atoms with Crippen molar-refractivity contribution in [2.24, 2.45) is 14.1 Å². The minimum atomic E-state index is -0.352. The van der Waals surface area contributed by atoms with Crippen molar-refractivity contribution in [1.82, 2.24) is 29.1 Å². The molecule has 0 amide bonds. The summed E-state index contributed by atoms with van der Waals surface area (Å²) >= 11 is 0. The van der Waals surface area contributed by atoms with Crippen molar-refractivity contribution in [2.45, 2.75) is 31.5 Å². The fourth-order valence-corrected chi connectivity index (χ4v) is 4.56. The number of hydrazine groups is 1. The second-order valence-electron chi connectivity index (χ2n) is 7.64. The molecule has 2 unspecified atom stereocenters. The molecule has 11 heteroatoms. The summed E-state index contributed by atoms with van der Waals surface area (Å²) < 4.78 is 10.1. The van der Waals surface area contributed by atoms with Gasteiger partial charge in [-0.3, -0.25) is 13.9 Å². The van der Waals surface area contributed by atoms with Crippen LogP contribution in [0.4, 0.5) is 5.95 Å². The minimum Gasteiger partial charge on any atom is -0.378 e. The predicted molar refractivity (Wildman–Crippen MR) is 107 cm³/mol. The first-order valence-corrected chi connectivity index (χ1v) is 9.58. The van der Waals surface area contributed by atoms with Gasteiger partial charge in [-0.25, -0.2) is 15.2 Å². The Bertz CT molecular complexity index is 1010. The van der Waals surface area contributed by atoms with E-state index in [1.807, 2.05) is 4.57 Å². The fourth-order valence-electron chi connectivity index (χ4n) is 4.56. The van der Waals surface area contributed by atoms with Crippen LogP contribution in [0.3, 0.4) is 0 Å². The van der Waals surface area contributed by atoms with Crippen LogP contribution in [0.5, 0.6) is 0 Å². The average Bonchev–Trinajstić information content (AvgIpc) is 3.24. The average molecular weight is 412 g/mol. The lowest BCUT2D eigenvalue weighted by Crippen LogP contribution is -2.67. The molecule has 154 valence electrons. The largest absolute Gasteiger partial charge is 0.378 e. The van der Waals surface area contributed by atoms with Crippen LogP contribution in [0, 0.1) is 0 Å². The third kappa shape index (κ3) is 2.78. The van der Waals surface area contributed by atoms with Gasteiger partial charge in [0.1, 0.15) is 0 Å². The molecule has 0 aliphatic carbocycles. The van der Waals surface area contributed by atoms with Gasteiger partial charge in [0.05, 0.1) is 19.3 Å². The molecule has 5 rings (SSSR count). The number of imidazole rings is 1. The van der Waals surface area contributed by atoms with Crippen molar-refractivity contribution in [1.29, 1.82) is 0 Å². The summed E-state index contributed by atoms with van der Waals surface area (Å²) in [7, 11) is 3.20. The number of nitrogens with one attached hydrogen (secondary N) is 1. The van der Waals surface area contributed by atoms with Gasteiger partial charge in [-0.15, -0.1) is 12.4 Å². The molecule has 3 fully saturated rings. The maximum Gasteiger partial charge on any atom is 0.332 e. The Morgan fingerprint density at radius 3 is 2.61 bits per heavy atom. The van der Waals surface area contributed by atoms with E-state index in [4.69, 9.17) is 9.72 Å². The lowest BCUT2D eigenvalue weighted by atomic mass is 10.0. The molecule has 2 aromatic heterocycles. The van der Waals surface area contributed by atoms with E-state index < -0.39 is 0 Å². The molecule has 1 N–H and O–H groups in total. The lowest BCUT2D eigenvalue weighted by Gasteiger charge is -2.45. The van der Waals surface area contributed by atoms with Crippen LogP contribution in [0.1, 0.15) is 12.8 Å². The SMILES string of the molecule is Cl.Cn1c(=O)c2c(nc(N3CCOCC3)n2CC2NN3CCCC23)n(C)c1=O. The van der Waals surface area contributed by atoms with Crippen LogP contribution < -0.4 is 21.6 Å². The van der Waals surface area contributed by atoms with Gasteiger partial charge in [0.15, 0.2) is 11.2 Å². The van der Waals surface area contributed by atoms with Gasteiger partial charge in [-0.2, -0.15) is 4.98 Å². The summed E-state index contributed by atoms with van der Waals surface area (Å²) in [5.74, 6) is 0.754. The van der Waals surface area contributed by atoms with E-state index in [1.165, 1.54) is 29.0 Å². The molecule has 5 heterocycles. The van der Waals surface area contributed by atoms with E-state index in [-0.39, 0.29) is 29.7 Å². The Balaban J connectivity index is 0.00000192. The molecule has 0 radical (unpaired) electrons. The van der Waals surface area contributed by atoms with E-state index >= 15 is 0 Å². The normalized spacial score (nSPS) is 24.9. The third-order valence-corrected chi connectivity index (χ3v) is 6.10. The molecule has 2 atom stereocenters. The van der Waals surface area contributed by atoms with Gasteiger partial charge >= 0.3 is 5.69 Å². The quantitative estimate of drug-likeness (QED) is 0.696. The molecule has 28 heavy (non-hydrogen) atoms. The first-order chi connectivity index (χ1) is 13.1. The molecular formula is C17H26ClN7O3. The summed E-state index contributed by atoms with van der Waals surface area (Å²) in [4.78, 5) is 32.2. The van der Waals surface area contributed by atoms with E-state index in [0.29, 0.717) is 37.0 Å². The molecule has 0 bridgehead atoms. The number of aromatic nitrogens is 4. The van der Waals surface area contributed by atoms with Crippen molar-refractivity contribution in [3.63, 3.8) is 0 Å². The highest BCUT2D eigenvalue weighted by atomic mass is 35.5. The molecule has 3 aliphatic heterocycles. The van der Waals surface area contributed by atoms with Gasteiger partial charge < -0.3 is 14.2 Å². The van der Waals surface area contributed by atoms with Crippen LogP contribution in [0.2, 0.25) is 0 Å². The van der Waals surface area contributed by atoms with Crippen molar-refractivity contribution >= 4 is 29.5 Å². The zero-order chi connectivity index (χ0) is 18.7. The number of anilines is 1. The van der Waals surface area contributed by atoms with Crippen LogP contribution >= 0.6 is 12.4 Å². The summed E-state index contributed by atoms with van der Waals surface area (Å²) in [5, 5.41) is 2.28. The predicted octanol–water partition coefficient (Wildman–Crippen LogP) is -0.957. The first-order valence-electron chi connectivity index (χ1n) is 9.58. The van der Waals surface area contributed by atoms with Crippen LogP contribution in [0.25, 0.3) is 11.2 Å². The summed E-state index contributed by atoms with van der Waals surface area (Å²) in [6.45, 7) is 4.48. The van der Waals surface area contributed by atoms with Crippen molar-refractivity contribution in [2.75, 3.05) is 37.7 Å². The number of fused-ring (bicyclic) bond motifs is 2. The third-order valence-electron chi connectivity index (χ3n) is 6.10. The van der Waals surface area contributed by atoms with Gasteiger partial charge in [0, 0.05) is 46.3 Å². The number of morpholine rings is 1. The molecule has 0 saturated carbocycles. The Morgan fingerprint density at radius 2 is 1.89 bits per heavy atom. The van der Waals surface area contributed by atoms with Gasteiger partial charge in [0.2, 0.25) is 5.95 Å². The first kappa shape index (κ1) is 19.4. The number of rotatable bonds is 3. The van der Waals surface area contributed by atoms with Crippen molar-refractivity contribution in [3.8, 4) is 0 Å². The Labute approximate surface area is 168 Å². The van der Waals surface area contributed by atoms with Crippen LogP contribution in [-0.4, -0.2) is 68.6 Å². The topological polar surface area (TPSA) is 89.6 Å². The highest BCUT2D eigenvalue weighted by Crippen LogP contribution is 2.29. The molecule has 3 aliphatic rings. The van der Waals surface area contributed by atoms with E-state index in [0.717, 1.165) is 25.6 Å².